The zero-order valence-corrected chi connectivity index (χ0v) is 12.6. The zero-order valence-electron chi connectivity index (χ0n) is 11.0. The highest BCUT2D eigenvalue weighted by Gasteiger charge is 2.16. The standard InChI is InChI=1S/C12H13N5OS2/c1-7-3-8(2)6-17(5-7)10-9(20-12(18)15-10)4-14-16-11(13)19/h3-6H,1-2H3,(H3-,13,14,15,16,18,19)/p+1. The minimum absolute atomic E-state index is 0.0738. The van der Waals surface area contributed by atoms with Crippen LogP contribution in [-0.2, 0) is 0 Å². The number of aromatic amines is 1. The number of thiazole rings is 1. The number of aryl methyl sites for hydroxylation is 2. The predicted molar refractivity (Wildman–Crippen MR) is 83.5 cm³/mol. The highest BCUT2D eigenvalue weighted by atomic mass is 32.1. The van der Waals surface area contributed by atoms with Crippen LogP contribution in [0.1, 0.15) is 16.0 Å². The highest BCUT2D eigenvalue weighted by molar-refractivity contribution is 7.80. The lowest BCUT2D eigenvalue weighted by Gasteiger charge is -2.00. The molecule has 0 spiro atoms. The van der Waals surface area contributed by atoms with Crippen LogP contribution >= 0.6 is 23.6 Å². The van der Waals surface area contributed by atoms with Crippen LogP contribution in [0.3, 0.4) is 0 Å². The Hall–Kier alpha value is -2.06. The minimum Gasteiger partial charge on any atom is -0.375 e. The van der Waals surface area contributed by atoms with E-state index in [9.17, 15) is 4.79 Å². The molecule has 0 saturated carbocycles. The summed E-state index contributed by atoms with van der Waals surface area (Å²) in [6.45, 7) is 3.99. The summed E-state index contributed by atoms with van der Waals surface area (Å²) in [4.78, 5) is 14.9. The maximum absolute atomic E-state index is 11.6. The summed E-state index contributed by atoms with van der Waals surface area (Å²) in [5.74, 6) is 0.667. The van der Waals surface area contributed by atoms with Crippen LogP contribution in [0.4, 0.5) is 0 Å². The van der Waals surface area contributed by atoms with E-state index in [0.717, 1.165) is 22.5 Å². The van der Waals surface area contributed by atoms with Gasteiger partial charge in [-0.2, -0.15) is 10.1 Å². The van der Waals surface area contributed by atoms with E-state index in [4.69, 9.17) is 5.73 Å². The lowest BCUT2D eigenvalue weighted by molar-refractivity contribution is -0.600. The van der Waals surface area contributed by atoms with Crippen molar-refractivity contribution in [1.82, 2.24) is 10.4 Å². The summed E-state index contributed by atoms with van der Waals surface area (Å²) in [5.41, 5.74) is 9.95. The van der Waals surface area contributed by atoms with Crippen LogP contribution in [-0.4, -0.2) is 16.3 Å². The van der Waals surface area contributed by atoms with E-state index in [1.54, 1.807) is 0 Å². The predicted octanol–water partition coefficient (Wildman–Crippen LogP) is 0.497. The Kier molecular flexibility index (Phi) is 4.26. The maximum Gasteiger partial charge on any atom is 0.390 e. The van der Waals surface area contributed by atoms with Crippen molar-refractivity contribution in [3.63, 3.8) is 0 Å². The van der Waals surface area contributed by atoms with E-state index in [0.29, 0.717) is 10.7 Å². The van der Waals surface area contributed by atoms with Gasteiger partial charge < -0.3 is 5.73 Å². The molecule has 8 heteroatoms. The Labute approximate surface area is 125 Å². The first-order chi connectivity index (χ1) is 9.45. The summed E-state index contributed by atoms with van der Waals surface area (Å²) >= 11 is 5.73. The van der Waals surface area contributed by atoms with Gasteiger partial charge in [-0.05, 0) is 54.6 Å². The summed E-state index contributed by atoms with van der Waals surface area (Å²) in [6, 6.07) is 2.06. The smallest absolute Gasteiger partial charge is 0.375 e. The second-order valence-electron chi connectivity index (χ2n) is 4.26. The van der Waals surface area contributed by atoms with Gasteiger partial charge in [0.1, 0.15) is 4.88 Å². The largest absolute Gasteiger partial charge is 0.390 e. The molecule has 0 aliphatic carbocycles. The summed E-state index contributed by atoms with van der Waals surface area (Å²) in [7, 11) is 0. The molecule has 2 rings (SSSR count). The minimum atomic E-state index is -0.150. The van der Waals surface area contributed by atoms with Gasteiger partial charge in [0.05, 0.1) is 18.6 Å². The number of nitrogens with zero attached hydrogens (tertiary/aromatic N) is 2. The van der Waals surface area contributed by atoms with Crippen molar-refractivity contribution in [2.45, 2.75) is 13.8 Å². The van der Waals surface area contributed by atoms with Gasteiger partial charge in [0.15, 0.2) is 5.11 Å². The first-order valence-corrected chi connectivity index (χ1v) is 7.00. The van der Waals surface area contributed by atoms with Crippen molar-refractivity contribution in [2.75, 3.05) is 0 Å². The van der Waals surface area contributed by atoms with Gasteiger partial charge in [-0.25, -0.2) is 9.36 Å². The second kappa shape index (κ2) is 5.93. The molecule has 0 radical (unpaired) electrons. The van der Waals surface area contributed by atoms with Gasteiger partial charge in [0, 0.05) is 0 Å². The van der Waals surface area contributed by atoms with E-state index in [-0.39, 0.29) is 9.99 Å². The number of pyridine rings is 1. The van der Waals surface area contributed by atoms with Crippen LogP contribution < -0.4 is 20.6 Å². The fraction of sp³-hybridized carbons (Fsp3) is 0.167. The average Bonchev–Trinajstić information content (AvgIpc) is 2.69. The van der Waals surface area contributed by atoms with Crippen LogP contribution in [0.25, 0.3) is 5.82 Å². The van der Waals surface area contributed by atoms with E-state index >= 15 is 0 Å². The first-order valence-electron chi connectivity index (χ1n) is 5.77. The van der Waals surface area contributed by atoms with Gasteiger partial charge in [0.2, 0.25) is 0 Å². The molecule has 0 saturated heterocycles. The Morgan fingerprint density at radius 1 is 1.50 bits per heavy atom. The molecule has 2 aromatic heterocycles. The van der Waals surface area contributed by atoms with Crippen LogP contribution in [0.5, 0.6) is 0 Å². The first kappa shape index (κ1) is 14.4. The highest BCUT2D eigenvalue weighted by Crippen LogP contribution is 2.07. The summed E-state index contributed by atoms with van der Waals surface area (Å²) in [5, 5.41) is 3.96. The molecule has 2 heterocycles. The average molecular weight is 308 g/mol. The van der Waals surface area contributed by atoms with Crippen molar-refractivity contribution >= 4 is 34.9 Å². The SMILES string of the molecule is Cc1cc(C)c[n+](-c2[nH]c(=O)sc2C=NNC(N)=S)c1. The third-order valence-corrected chi connectivity index (χ3v) is 3.31. The molecule has 0 aromatic carbocycles. The normalized spacial score (nSPS) is 10.9. The van der Waals surface area contributed by atoms with E-state index in [1.807, 2.05) is 30.8 Å². The van der Waals surface area contributed by atoms with Crippen LogP contribution in [0, 0.1) is 13.8 Å². The monoisotopic (exact) mass is 308 g/mol. The Morgan fingerprint density at radius 3 is 2.75 bits per heavy atom. The van der Waals surface area contributed by atoms with E-state index < -0.39 is 0 Å². The molecule has 2 aromatic rings. The number of hydrazone groups is 1. The molecule has 0 atom stereocenters. The summed E-state index contributed by atoms with van der Waals surface area (Å²) in [6.07, 6.45) is 5.38. The zero-order chi connectivity index (χ0) is 14.7. The molecule has 0 unspecified atom stereocenters. The Morgan fingerprint density at radius 2 is 2.15 bits per heavy atom. The number of hydrogen-bond acceptors (Lipinski definition) is 4. The lowest BCUT2D eigenvalue weighted by atomic mass is 10.2. The molecule has 4 N–H and O–H groups in total. The van der Waals surface area contributed by atoms with Gasteiger partial charge in [-0.15, -0.1) is 0 Å². The quantitative estimate of drug-likeness (QED) is 0.333. The van der Waals surface area contributed by atoms with Gasteiger partial charge in [-0.1, -0.05) is 0 Å². The maximum atomic E-state index is 11.6. The summed E-state index contributed by atoms with van der Waals surface area (Å²) < 4.78 is 1.87. The van der Waals surface area contributed by atoms with Gasteiger partial charge in [0.25, 0.3) is 0 Å². The van der Waals surface area contributed by atoms with Crippen molar-refractivity contribution in [3.8, 4) is 5.82 Å². The Bertz CT molecular complexity index is 711. The fourth-order valence-electron chi connectivity index (χ4n) is 1.80. The molecule has 0 fully saturated rings. The third kappa shape index (κ3) is 3.49. The van der Waals surface area contributed by atoms with Crippen molar-refractivity contribution in [2.24, 2.45) is 10.8 Å². The van der Waals surface area contributed by atoms with Crippen molar-refractivity contribution < 1.29 is 4.57 Å². The molecule has 0 aliphatic rings. The number of nitrogens with two attached hydrogens (primary N) is 1. The van der Waals surface area contributed by atoms with Crippen LogP contribution in [0.2, 0.25) is 0 Å². The number of nitrogens with one attached hydrogen (secondary N) is 2. The van der Waals surface area contributed by atoms with Gasteiger partial charge >= 0.3 is 10.7 Å². The molecule has 6 nitrogen and oxygen atoms in total. The van der Waals surface area contributed by atoms with Gasteiger partial charge in [-0.3, -0.25) is 5.43 Å². The third-order valence-electron chi connectivity index (χ3n) is 2.41. The molecule has 0 aliphatic heterocycles. The van der Waals surface area contributed by atoms with E-state index in [2.05, 4.69) is 33.8 Å². The molecular weight excluding hydrogens is 294 g/mol. The molecule has 0 amide bonds. The number of H-pyrrole nitrogens is 1. The number of thiocarbonyl (C=S) groups is 1. The van der Waals surface area contributed by atoms with Crippen molar-refractivity contribution in [3.05, 3.63) is 44.1 Å². The Balaban J connectivity index is 2.43. The second-order valence-corrected chi connectivity index (χ2v) is 5.71. The van der Waals surface area contributed by atoms with Crippen molar-refractivity contribution in [1.29, 1.82) is 0 Å². The number of hydrogen-bond donors (Lipinski definition) is 3. The molecular formula is C12H14N5OS2+. The molecule has 20 heavy (non-hydrogen) atoms. The van der Waals surface area contributed by atoms with E-state index in [1.165, 1.54) is 6.21 Å². The number of rotatable bonds is 3. The molecule has 104 valence electrons. The lowest BCUT2D eigenvalue weighted by Crippen LogP contribution is -2.33. The van der Waals surface area contributed by atoms with Crippen LogP contribution in [0.15, 0.2) is 28.4 Å². The molecule has 0 bridgehead atoms. The fourth-order valence-corrected chi connectivity index (χ4v) is 2.56. The number of aromatic nitrogens is 2. The topological polar surface area (TPSA) is 87.1 Å².